The van der Waals surface area contributed by atoms with Gasteiger partial charge in [-0.1, -0.05) is 20.8 Å². The van der Waals surface area contributed by atoms with Crippen LogP contribution in [0.4, 0.5) is 0 Å². The van der Waals surface area contributed by atoms with Crippen LogP contribution < -0.4 is 5.32 Å². The number of hydrogen-bond donors (Lipinski definition) is 1. The minimum Gasteiger partial charge on any atom is -0.469 e. The van der Waals surface area contributed by atoms with E-state index in [0.717, 1.165) is 6.42 Å². The molecule has 0 saturated carbocycles. The molecule has 0 spiro atoms. The number of nitrogens with one attached hydrogen (secondary N) is 1. The predicted octanol–water partition coefficient (Wildman–Crippen LogP) is 1.09. The molecule has 19 heavy (non-hydrogen) atoms. The molecule has 0 radical (unpaired) electrons. The second-order valence-corrected chi connectivity index (χ2v) is 6.89. The molecule has 112 valence electrons. The minimum atomic E-state index is -1.37. The van der Waals surface area contributed by atoms with Crippen LogP contribution in [-0.2, 0) is 25.1 Å². The summed E-state index contributed by atoms with van der Waals surface area (Å²) in [6.07, 6.45) is 0.893. The Hall–Kier alpha value is -0.910. The van der Waals surface area contributed by atoms with Crippen molar-refractivity contribution >= 4 is 22.7 Å². The van der Waals surface area contributed by atoms with Gasteiger partial charge in [0, 0.05) is 23.1 Å². The summed E-state index contributed by atoms with van der Waals surface area (Å²) in [5.41, 5.74) is 0. The van der Waals surface area contributed by atoms with E-state index < -0.39 is 27.9 Å². The Bertz CT molecular complexity index is 331. The average molecular weight is 291 g/mol. The van der Waals surface area contributed by atoms with Crippen LogP contribution in [0.15, 0.2) is 0 Å². The summed E-state index contributed by atoms with van der Waals surface area (Å²) in [7, 11) is -0.0787. The van der Waals surface area contributed by atoms with Crippen LogP contribution >= 0.6 is 0 Å². The Balaban J connectivity index is 4.17. The summed E-state index contributed by atoms with van der Waals surface area (Å²) in [5.74, 6) is -0.431. The maximum Gasteiger partial charge on any atom is 0.309 e. The summed E-state index contributed by atoms with van der Waals surface area (Å²) in [4.78, 5) is 23.0. The fourth-order valence-corrected chi connectivity index (χ4v) is 2.65. The highest BCUT2D eigenvalue weighted by atomic mass is 32.2. The fourth-order valence-electron chi connectivity index (χ4n) is 1.41. The molecule has 5 nitrogen and oxygen atoms in total. The van der Waals surface area contributed by atoms with Gasteiger partial charge in [-0.3, -0.25) is 13.8 Å². The van der Waals surface area contributed by atoms with Crippen molar-refractivity contribution in [2.24, 2.45) is 11.8 Å². The zero-order chi connectivity index (χ0) is 15.0. The van der Waals surface area contributed by atoms with E-state index in [1.165, 1.54) is 7.11 Å². The lowest BCUT2D eigenvalue weighted by Crippen LogP contribution is -2.38. The standard InChI is InChI=1S/C13H25NO4S/c1-9(2)6-7-14-12(15)11(4)19(17)8-10(3)13(16)18-5/h9-11H,6-8H2,1-5H3,(H,14,15). The summed E-state index contributed by atoms with van der Waals surface area (Å²) >= 11 is 0. The molecule has 0 rings (SSSR count). The number of methoxy groups -OCH3 is 1. The number of carbonyl (C=O) groups excluding carboxylic acids is 2. The molecule has 6 heteroatoms. The molecule has 0 bridgehead atoms. The fraction of sp³-hybridized carbons (Fsp3) is 0.846. The van der Waals surface area contributed by atoms with Gasteiger partial charge in [0.1, 0.15) is 5.25 Å². The molecular formula is C13H25NO4S. The van der Waals surface area contributed by atoms with E-state index in [1.807, 2.05) is 0 Å². The highest BCUT2D eigenvalue weighted by molar-refractivity contribution is 7.86. The predicted molar refractivity (Wildman–Crippen MR) is 76.1 cm³/mol. The summed E-state index contributed by atoms with van der Waals surface area (Å²) < 4.78 is 16.5. The number of hydrogen-bond acceptors (Lipinski definition) is 4. The third kappa shape index (κ3) is 7.30. The molecule has 1 amide bonds. The van der Waals surface area contributed by atoms with Gasteiger partial charge in [0.2, 0.25) is 5.91 Å². The first-order valence-electron chi connectivity index (χ1n) is 6.52. The maximum absolute atomic E-state index is 12.0. The van der Waals surface area contributed by atoms with Crippen LogP contribution in [0.3, 0.4) is 0 Å². The van der Waals surface area contributed by atoms with Crippen molar-refractivity contribution in [3.05, 3.63) is 0 Å². The van der Waals surface area contributed by atoms with Gasteiger partial charge in [-0.15, -0.1) is 0 Å². The summed E-state index contributed by atoms with van der Waals surface area (Å²) in [6, 6.07) is 0. The molecule has 3 unspecified atom stereocenters. The van der Waals surface area contributed by atoms with Crippen molar-refractivity contribution in [1.29, 1.82) is 0 Å². The third-order valence-corrected chi connectivity index (χ3v) is 4.63. The molecule has 0 aliphatic heterocycles. The van der Waals surface area contributed by atoms with Gasteiger partial charge in [-0.05, 0) is 19.3 Å². The van der Waals surface area contributed by atoms with Crippen molar-refractivity contribution in [3.63, 3.8) is 0 Å². The van der Waals surface area contributed by atoms with Crippen molar-refractivity contribution in [3.8, 4) is 0 Å². The number of ether oxygens (including phenoxy) is 1. The monoisotopic (exact) mass is 291 g/mol. The minimum absolute atomic E-state index is 0.144. The zero-order valence-electron chi connectivity index (χ0n) is 12.4. The van der Waals surface area contributed by atoms with Crippen LogP contribution in [0.2, 0.25) is 0 Å². The summed E-state index contributed by atoms with van der Waals surface area (Å²) in [5, 5.41) is 2.15. The molecule has 3 atom stereocenters. The molecule has 1 N–H and O–H groups in total. The van der Waals surface area contributed by atoms with Gasteiger partial charge in [-0.2, -0.15) is 0 Å². The SMILES string of the molecule is COC(=O)C(C)CS(=O)C(C)C(=O)NCCC(C)C. The smallest absolute Gasteiger partial charge is 0.309 e. The molecular weight excluding hydrogens is 266 g/mol. The Morgan fingerprint density at radius 2 is 1.79 bits per heavy atom. The van der Waals surface area contributed by atoms with Gasteiger partial charge >= 0.3 is 5.97 Å². The van der Waals surface area contributed by atoms with Gasteiger partial charge in [0.25, 0.3) is 0 Å². The second-order valence-electron chi connectivity index (χ2n) is 5.09. The van der Waals surface area contributed by atoms with Crippen LogP contribution in [0, 0.1) is 11.8 Å². The van der Waals surface area contributed by atoms with E-state index in [1.54, 1.807) is 13.8 Å². The van der Waals surface area contributed by atoms with Gasteiger partial charge in [0.15, 0.2) is 0 Å². The van der Waals surface area contributed by atoms with Crippen molar-refractivity contribution in [1.82, 2.24) is 5.32 Å². The number of amides is 1. The van der Waals surface area contributed by atoms with E-state index in [0.29, 0.717) is 12.5 Å². The van der Waals surface area contributed by atoms with E-state index >= 15 is 0 Å². The van der Waals surface area contributed by atoms with Gasteiger partial charge in [-0.25, -0.2) is 0 Å². The molecule has 0 heterocycles. The Labute approximate surface area is 117 Å². The van der Waals surface area contributed by atoms with Gasteiger partial charge in [0.05, 0.1) is 13.0 Å². The van der Waals surface area contributed by atoms with E-state index in [-0.39, 0.29) is 11.7 Å². The Kier molecular flexibility index (Phi) is 8.63. The second kappa shape index (κ2) is 9.07. The zero-order valence-corrected chi connectivity index (χ0v) is 13.2. The number of carbonyl (C=O) groups is 2. The van der Waals surface area contributed by atoms with E-state index in [9.17, 15) is 13.8 Å². The van der Waals surface area contributed by atoms with Crippen LogP contribution in [0.25, 0.3) is 0 Å². The molecule has 0 aliphatic rings. The quantitative estimate of drug-likeness (QED) is 0.680. The first-order valence-corrected chi connectivity index (χ1v) is 7.90. The highest BCUT2D eigenvalue weighted by Crippen LogP contribution is 2.06. The highest BCUT2D eigenvalue weighted by Gasteiger charge is 2.24. The average Bonchev–Trinajstić information content (AvgIpc) is 2.35. The molecule has 0 aromatic rings. The van der Waals surface area contributed by atoms with Crippen molar-refractivity contribution < 1.29 is 18.5 Å². The topological polar surface area (TPSA) is 72.5 Å². The van der Waals surface area contributed by atoms with E-state index in [2.05, 4.69) is 23.9 Å². The van der Waals surface area contributed by atoms with Crippen molar-refractivity contribution in [2.75, 3.05) is 19.4 Å². The molecule has 0 aliphatic carbocycles. The maximum atomic E-state index is 12.0. The van der Waals surface area contributed by atoms with Crippen LogP contribution in [0.5, 0.6) is 0 Å². The lowest BCUT2D eigenvalue weighted by molar-refractivity contribution is -0.144. The molecule has 0 saturated heterocycles. The van der Waals surface area contributed by atoms with E-state index in [4.69, 9.17) is 0 Å². The number of rotatable bonds is 8. The largest absolute Gasteiger partial charge is 0.469 e. The van der Waals surface area contributed by atoms with Crippen molar-refractivity contribution in [2.45, 2.75) is 39.4 Å². The Morgan fingerprint density at radius 1 is 1.21 bits per heavy atom. The lowest BCUT2D eigenvalue weighted by atomic mass is 10.1. The van der Waals surface area contributed by atoms with Crippen LogP contribution in [0.1, 0.15) is 34.1 Å². The first-order chi connectivity index (χ1) is 8.79. The molecule has 0 aromatic carbocycles. The number of esters is 1. The first kappa shape index (κ1) is 18.1. The third-order valence-electron chi connectivity index (χ3n) is 2.80. The Morgan fingerprint density at radius 3 is 2.26 bits per heavy atom. The van der Waals surface area contributed by atoms with Gasteiger partial charge < -0.3 is 10.1 Å². The molecule has 0 fully saturated rings. The normalized spacial score (nSPS) is 15.7. The lowest BCUT2D eigenvalue weighted by Gasteiger charge is -2.15. The van der Waals surface area contributed by atoms with Crippen LogP contribution in [-0.4, -0.2) is 40.7 Å². The molecule has 0 aromatic heterocycles. The summed E-state index contributed by atoms with van der Waals surface area (Å²) in [6.45, 7) is 8.00.